The molecule has 0 aromatic carbocycles. The van der Waals surface area contributed by atoms with Gasteiger partial charge in [-0.2, -0.15) is 0 Å². The second-order valence-corrected chi connectivity index (χ2v) is 7.24. The fraction of sp³-hybridized carbons (Fsp3) is 1.00. The van der Waals surface area contributed by atoms with Gasteiger partial charge in [0.2, 0.25) is 0 Å². The number of rotatable bonds is 0. The van der Waals surface area contributed by atoms with Gasteiger partial charge in [0.1, 0.15) is 0 Å². The lowest BCUT2D eigenvalue weighted by atomic mass is 9.50. The second kappa shape index (κ2) is 2.80. The number of fused-ring (bicyclic) bond motifs is 1. The third-order valence-corrected chi connectivity index (χ3v) is 5.52. The van der Waals surface area contributed by atoms with Crippen molar-refractivity contribution in [1.82, 2.24) is 0 Å². The third-order valence-electron chi connectivity index (χ3n) is 5.52. The predicted octanol–water partition coefficient (Wildman–Crippen LogP) is 3.77. The second-order valence-electron chi connectivity index (χ2n) is 7.24. The van der Waals surface area contributed by atoms with Crippen molar-refractivity contribution < 1.29 is 4.74 Å². The molecule has 0 amide bonds. The maximum Gasteiger partial charge on any atom is 0.0922 e. The van der Waals surface area contributed by atoms with Crippen LogP contribution >= 0.6 is 0 Å². The Hall–Kier alpha value is -0.0400. The Labute approximate surface area is 93.6 Å². The molecule has 1 aliphatic heterocycles. The first-order chi connectivity index (χ1) is 6.96. The van der Waals surface area contributed by atoms with Gasteiger partial charge in [-0.15, -0.1) is 0 Å². The SMILES string of the molecule is CC1(C)CCC[C@@]2(C)C[C@]3(CC[C@H]12)CO3. The van der Waals surface area contributed by atoms with Crippen molar-refractivity contribution in [1.29, 1.82) is 0 Å². The Bertz CT molecular complexity index is 277. The highest BCUT2D eigenvalue weighted by molar-refractivity contribution is 5.08. The summed E-state index contributed by atoms with van der Waals surface area (Å²) >= 11 is 0. The third kappa shape index (κ3) is 1.46. The molecular formula is C14H24O. The lowest BCUT2D eigenvalue weighted by Crippen LogP contribution is -2.48. The molecule has 15 heavy (non-hydrogen) atoms. The van der Waals surface area contributed by atoms with Crippen molar-refractivity contribution >= 4 is 0 Å². The van der Waals surface area contributed by atoms with Crippen molar-refractivity contribution in [2.45, 2.75) is 64.9 Å². The van der Waals surface area contributed by atoms with E-state index in [4.69, 9.17) is 4.74 Å². The Morgan fingerprint density at radius 2 is 1.80 bits per heavy atom. The summed E-state index contributed by atoms with van der Waals surface area (Å²) in [7, 11) is 0. The van der Waals surface area contributed by atoms with Gasteiger partial charge in [0.05, 0.1) is 12.2 Å². The van der Waals surface area contributed by atoms with Crippen LogP contribution < -0.4 is 0 Å². The van der Waals surface area contributed by atoms with Crippen LogP contribution in [0.15, 0.2) is 0 Å². The molecule has 1 saturated heterocycles. The molecule has 86 valence electrons. The number of ether oxygens (including phenoxy) is 1. The number of hydrogen-bond acceptors (Lipinski definition) is 1. The Morgan fingerprint density at radius 3 is 2.47 bits per heavy atom. The van der Waals surface area contributed by atoms with E-state index >= 15 is 0 Å². The van der Waals surface area contributed by atoms with Crippen molar-refractivity contribution in [3.8, 4) is 0 Å². The highest BCUT2D eigenvalue weighted by Crippen LogP contribution is 2.62. The molecule has 1 heteroatoms. The normalized spacial score (nSPS) is 52.6. The number of hydrogen-bond donors (Lipinski definition) is 0. The highest BCUT2D eigenvalue weighted by Gasteiger charge is 2.58. The molecule has 3 aliphatic rings. The standard InChI is InChI=1S/C14H24O/c1-12(2)6-4-7-13(3)9-14(10-15-14)8-5-11(12)13/h11H,4-10H2,1-3H3/t11-,13+,14-/m1/s1. The molecule has 0 N–H and O–H groups in total. The van der Waals surface area contributed by atoms with Crippen molar-refractivity contribution in [3.63, 3.8) is 0 Å². The first-order valence-electron chi connectivity index (χ1n) is 6.60. The highest BCUT2D eigenvalue weighted by atomic mass is 16.6. The fourth-order valence-corrected chi connectivity index (χ4v) is 4.77. The Morgan fingerprint density at radius 1 is 1.07 bits per heavy atom. The van der Waals surface area contributed by atoms with Crippen LogP contribution in [0.3, 0.4) is 0 Å². The number of epoxide rings is 1. The summed E-state index contributed by atoms with van der Waals surface area (Å²) in [6, 6.07) is 0. The van der Waals surface area contributed by atoms with E-state index in [-0.39, 0.29) is 0 Å². The van der Waals surface area contributed by atoms with Gasteiger partial charge in [-0.1, -0.05) is 27.2 Å². The zero-order valence-corrected chi connectivity index (χ0v) is 10.4. The van der Waals surface area contributed by atoms with E-state index in [1.807, 2.05) is 0 Å². The summed E-state index contributed by atoms with van der Waals surface area (Å²) in [6.45, 7) is 8.55. The molecule has 0 bridgehead atoms. The lowest BCUT2D eigenvalue weighted by molar-refractivity contribution is -0.0566. The van der Waals surface area contributed by atoms with Crippen molar-refractivity contribution in [2.75, 3.05) is 6.61 Å². The van der Waals surface area contributed by atoms with Gasteiger partial charge in [-0.05, 0) is 48.9 Å². The van der Waals surface area contributed by atoms with E-state index in [0.29, 0.717) is 16.4 Å². The van der Waals surface area contributed by atoms with Crippen molar-refractivity contribution in [3.05, 3.63) is 0 Å². The minimum atomic E-state index is 0.346. The van der Waals surface area contributed by atoms with Crippen LogP contribution in [0.1, 0.15) is 59.3 Å². The summed E-state index contributed by atoms with van der Waals surface area (Å²) < 4.78 is 5.72. The van der Waals surface area contributed by atoms with E-state index in [1.165, 1.54) is 38.5 Å². The zero-order valence-electron chi connectivity index (χ0n) is 10.4. The van der Waals surface area contributed by atoms with E-state index in [0.717, 1.165) is 12.5 Å². The van der Waals surface area contributed by atoms with Crippen LogP contribution in [0.2, 0.25) is 0 Å². The average Bonchev–Trinajstić information content (AvgIpc) is 2.81. The largest absolute Gasteiger partial charge is 0.370 e. The van der Waals surface area contributed by atoms with Crippen LogP contribution in [0.5, 0.6) is 0 Å². The summed E-state index contributed by atoms with van der Waals surface area (Å²) in [4.78, 5) is 0. The molecule has 0 aromatic heterocycles. The Balaban J connectivity index is 1.87. The Kier molecular flexibility index (Phi) is 1.89. The molecule has 2 saturated carbocycles. The molecule has 0 unspecified atom stereocenters. The van der Waals surface area contributed by atoms with Gasteiger partial charge in [-0.25, -0.2) is 0 Å². The van der Waals surface area contributed by atoms with Crippen LogP contribution in [-0.2, 0) is 4.74 Å². The molecule has 2 aliphatic carbocycles. The molecule has 1 heterocycles. The molecule has 1 spiro atoms. The van der Waals surface area contributed by atoms with Crippen LogP contribution in [0, 0.1) is 16.7 Å². The van der Waals surface area contributed by atoms with Crippen LogP contribution in [0.4, 0.5) is 0 Å². The lowest BCUT2D eigenvalue weighted by Gasteiger charge is -2.55. The first kappa shape index (κ1) is 10.1. The molecule has 3 rings (SSSR count). The van der Waals surface area contributed by atoms with Gasteiger partial charge in [0, 0.05) is 0 Å². The average molecular weight is 208 g/mol. The quantitative estimate of drug-likeness (QED) is 0.552. The van der Waals surface area contributed by atoms with Gasteiger partial charge in [-0.3, -0.25) is 0 Å². The monoisotopic (exact) mass is 208 g/mol. The summed E-state index contributed by atoms with van der Waals surface area (Å²) in [5, 5.41) is 0. The van der Waals surface area contributed by atoms with Crippen LogP contribution in [0.25, 0.3) is 0 Å². The van der Waals surface area contributed by atoms with Gasteiger partial charge in [0.15, 0.2) is 0 Å². The van der Waals surface area contributed by atoms with E-state index in [2.05, 4.69) is 20.8 Å². The zero-order chi connectivity index (χ0) is 10.7. The predicted molar refractivity (Wildman–Crippen MR) is 61.8 cm³/mol. The van der Waals surface area contributed by atoms with Crippen LogP contribution in [-0.4, -0.2) is 12.2 Å². The fourth-order valence-electron chi connectivity index (χ4n) is 4.77. The smallest absolute Gasteiger partial charge is 0.0922 e. The summed E-state index contributed by atoms with van der Waals surface area (Å²) in [5.74, 6) is 0.938. The van der Waals surface area contributed by atoms with Gasteiger partial charge >= 0.3 is 0 Å². The first-order valence-corrected chi connectivity index (χ1v) is 6.60. The maximum atomic E-state index is 5.72. The molecule has 0 radical (unpaired) electrons. The molecule has 3 atom stereocenters. The summed E-state index contributed by atoms with van der Waals surface area (Å²) in [5.41, 5.74) is 1.50. The minimum absolute atomic E-state index is 0.346. The van der Waals surface area contributed by atoms with E-state index in [9.17, 15) is 0 Å². The van der Waals surface area contributed by atoms with Gasteiger partial charge in [0.25, 0.3) is 0 Å². The summed E-state index contributed by atoms with van der Waals surface area (Å²) in [6.07, 6.45) is 8.37. The topological polar surface area (TPSA) is 12.5 Å². The molecule has 0 aromatic rings. The van der Waals surface area contributed by atoms with E-state index in [1.54, 1.807) is 0 Å². The van der Waals surface area contributed by atoms with Gasteiger partial charge < -0.3 is 4.74 Å². The minimum Gasteiger partial charge on any atom is -0.370 e. The molecular weight excluding hydrogens is 184 g/mol. The van der Waals surface area contributed by atoms with Crippen molar-refractivity contribution in [2.24, 2.45) is 16.7 Å². The maximum absolute atomic E-state index is 5.72. The van der Waals surface area contributed by atoms with E-state index < -0.39 is 0 Å². The molecule has 3 fully saturated rings. The molecule has 1 nitrogen and oxygen atoms in total.